The maximum absolute atomic E-state index is 11.6. The Morgan fingerprint density at radius 2 is 1.88 bits per heavy atom. The summed E-state index contributed by atoms with van der Waals surface area (Å²) >= 11 is 0. The molecular weight excluding hydrogens is 198 g/mol. The largest absolute Gasteiger partial charge is 0.349 e. The number of likely N-dealkylation sites (N-methyl/N-ethyl adjacent to an activating group) is 1. The number of hydrogen-bond donors (Lipinski definition) is 0. The zero-order chi connectivity index (χ0) is 12.3. The summed E-state index contributed by atoms with van der Waals surface area (Å²) in [5.74, 6) is 0.144. The molecule has 0 radical (unpaired) electrons. The summed E-state index contributed by atoms with van der Waals surface area (Å²) in [6, 6.07) is 8.28. The van der Waals surface area contributed by atoms with Gasteiger partial charge < -0.3 is 4.90 Å². The first-order valence-electron chi connectivity index (χ1n) is 5.60. The third-order valence-electron chi connectivity index (χ3n) is 2.65. The van der Waals surface area contributed by atoms with E-state index in [-0.39, 0.29) is 11.3 Å². The lowest BCUT2D eigenvalue weighted by molar-refractivity contribution is -0.127. The maximum atomic E-state index is 11.6. The van der Waals surface area contributed by atoms with Crippen molar-refractivity contribution in [2.75, 3.05) is 14.1 Å². The van der Waals surface area contributed by atoms with E-state index in [1.807, 2.05) is 12.1 Å². The van der Waals surface area contributed by atoms with Crippen molar-refractivity contribution in [1.82, 2.24) is 4.90 Å². The molecule has 1 aromatic carbocycles. The molecule has 1 aromatic rings. The normalized spacial score (nSPS) is 11.3. The molecule has 0 unspecified atom stereocenters. The molecule has 88 valence electrons. The number of carbonyl (C=O) groups is 1. The summed E-state index contributed by atoms with van der Waals surface area (Å²) in [5, 5.41) is 0. The van der Waals surface area contributed by atoms with E-state index >= 15 is 0 Å². The molecule has 0 aliphatic rings. The minimum atomic E-state index is 0.136. The van der Waals surface area contributed by atoms with Crippen molar-refractivity contribution in [3.8, 4) is 0 Å². The lowest BCUT2D eigenvalue weighted by Gasteiger charge is -2.20. The molecule has 2 heteroatoms. The standard InChI is InChI=1S/C14H21NO/c1-14(2,3)12-8-6-7-11(9-12)10-13(16)15(4)5/h6-9H,10H2,1-5H3. The number of nitrogens with zero attached hydrogens (tertiary/aromatic N) is 1. The molecule has 0 aliphatic carbocycles. The third-order valence-corrected chi connectivity index (χ3v) is 2.65. The van der Waals surface area contributed by atoms with Crippen LogP contribution in [0.2, 0.25) is 0 Å². The van der Waals surface area contributed by atoms with Gasteiger partial charge in [-0.3, -0.25) is 4.79 Å². The van der Waals surface area contributed by atoms with Crippen LogP contribution in [0.5, 0.6) is 0 Å². The molecule has 2 nitrogen and oxygen atoms in total. The first kappa shape index (κ1) is 12.8. The fourth-order valence-corrected chi connectivity index (χ4v) is 1.48. The first-order chi connectivity index (χ1) is 7.30. The molecule has 0 saturated heterocycles. The van der Waals surface area contributed by atoms with Crippen molar-refractivity contribution in [2.45, 2.75) is 32.6 Å². The van der Waals surface area contributed by atoms with E-state index in [1.165, 1.54) is 5.56 Å². The van der Waals surface area contributed by atoms with Crippen molar-refractivity contribution in [3.05, 3.63) is 35.4 Å². The Bertz CT molecular complexity index is 375. The molecule has 0 saturated carbocycles. The zero-order valence-corrected chi connectivity index (χ0v) is 10.9. The van der Waals surface area contributed by atoms with Gasteiger partial charge in [-0.05, 0) is 16.5 Å². The maximum Gasteiger partial charge on any atom is 0.226 e. The highest BCUT2D eigenvalue weighted by Gasteiger charge is 2.14. The van der Waals surface area contributed by atoms with Gasteiger partial charge in [0.1, 0.15) is 0 Å². The van der Waals surface area contributed by atoms with Crippen LogP contribution in [0.4, 0.5) is 0 Å². The Morgan fingerprint density at radius 1 is 1.25 bits per heavy atom. The van der Waals surface area contributed by atoms with Crippen LogP contribution in [0.1, 0.15) is 31.9 Å². The van der Waals surface area contributed by atoms with Crippen LogP contribution in [0, 0.1) is 0 Å². The summed E-state index contributed by atoms with van der Waals surface area (Å²) in [4.78, 5) is 13.2. The molecule has 0 aliphatic heterocycles. The molecule has 1 rings (SSSR count). The minimum absolute atomic E-state index is 0.136. The van der Waals surface area contributed by atoms with Crippen LogP contribution in [0.25, 0.3) is 0 Å². The molecule has 0 atom stereocenters. The van der Waals surface area contributed by atoms with E-state index in [9.17, 15) is 4.79 Å². The lowest BCUT2D eigenvalue weighted by Crippen LogP contribution is -2.23. The fraction of sp³-hybridized carbons (Fsp3) is 0.500. The van der Waals surface area contributed by atoms with Gasteiger partial charge in [-0.15, -0.1) is 0 Å². The van der Waals surface area contributed by atoms with Crippen molar-refractivity contribution in [3.63, 3.8) is 0 Å². The monoisotopic (exact) mass is 219 g/mol. The average Bonchev–Trinajstić information content (AvgIpc) is 2.16. The van der Waals surface area contributed by atoms with Gasteiger partial charge in [-0.2, -0.15) is 0 Å². The Labute approximate surface area is 98.3 Å². The second kappa shape index (κ2) is 4.69. The molecule has 16 heavy (non-hydrogen) atoms. The predicted molar refractivity (Wildman–Crippen MR) is 67.5 cm³/mol. The Hall–Kier alpha value is -1.31. The van der Waals surface area contributed by atoms with E-state index in [0.717, 1.165) is 5.56 Å². The van der Waals surface area contributed by atoms with Crippen molar-refractivity contribution < 1.29 is 4.79 Å². The number of amides is 1. The smallest absolute Gasteiger partial charge is 0.226 e. The Kier molecular flexibility index (Phi) is 3.74. The molecule has 0 heterocycles. The topological polar surface area (TPSA) is 20.3 Å². The summed E-state index contributed by atoms with van der Waals surface area (Å²) in [6.07, 6.45) is 0.483. The van der Waals surface area contributed by atoms with Gasteiger partial charge in [0.25, 0.3) is 0 Å². The van der Waals surface area contributed by atoms with E-state index in [2.05, 4.69) is 32.9 Å². The molecule has 0 bridgehead atoms. The summed E-state index contributed by atoms with van der Waals surface area (Å²) in [5.41, 5.74) is 2.50. The van der Waals surface area contributed by atoms with E-state index < -0.39 is 0 Å². The van der Waals surface area contributed by atoms with E-state index in [0.29, 0.717) is 6.42 Å². The van der Waals surface area contributed by atoms with Gasteiger partial charge >= 0.3 is 0 Å². The molecular formula is C14H21NO. The van der Waals surface area contributed by atoms with Crippen LogP contribution in [0.15, 0.2) is 24.3 Å². The van der Waals surface area contributed by atoms with Gasteiger partial charge in [0, 0.05) is 14.1 Å². The van der Waals surface area contributed by atoms with Gasteiger partial charge in [0.15, 0.2) is 0 Å². The number of hydrogen-bond acceptors (Lipinski definition) is 1. The Balaban J connectivity index is 2.88. The number of rotatable bonds is 2. The van der Waals surface area contributed by atoms with Crippen molar-refractivity contribution >= 4 is 5.91 Å². The lowest BCUT2D eigenvalue weighted by atomic mass is 9.86. The summed E-state index contributed by atoms with van der Waals surface area (Å²) < 4.78 is 0. The SMILES string of the molecule is CN(C)C(=O)Cc1cccc(C(C)(C)C)c1. The van der Waals surface area contributed by atoms with Crippen molar-refractivity contribution in [1.29, 1.82) is 0 Å². The van der Waals surface area contributed by atoms with Crippen LogP contribution >= 0.6 is 0 Å². The highest BCUT2D eigenvalue weighted by molar-refractivity contribution is 5.78. The zero-order valence-electron chi connectivity index (χ0n) is 10.9. The molecule has 0 spiro atoms. The average molecular weight is 219 g/mol. The molecule has 0 aromatic heterocycles. The van der Waals surface area contributed by atoms with Crippen molar-refractivity contribution in [2.24, 2.45) is 0 Å². The summed E-state index contributed by atoms with van der Waals surface area (Å²) in [7, 11) is 3.58. The predicted octanol–water partition coefficient (Wildman–Crippen LogP) is 2.61. The van der Waals surface area contributed by atoms with Gasteiger partial charge in [-0.25, -0.2) is 0 Å². The quantitative estimate of drug-likeness (QED) is 0.748. The van der Waals surface area contributed by atoms with Crippen LogP contribution in [-0.4, -0.2) is 24.9 Å². The van der Waals surface area contributed by atoms with E-state index in [1.54, 1.807) is 19.0 Å². The minimum Gasteiger partial charge on any atom is -0.349 e. The first-order valence-corrected chi connectivity index (χ1v) is 5.60. The van der Waals surface area contributed by atoms with Crippen LogP contribution in [0.3, 0.4) is 0 Å². The molecule has 1 amide bonds. The van der Waals surface area contributed by atoms with E-state index in [4.69, 9.17) is 0 Å². The number of carbonyl (C=O) groups excluding carboxylic acids is 1. The second-order valence-corrected chi connectivity index (χ2v) is 5.42. The highest BCUT2D eigenvalue weighted by atomic mass is 16.2. The third kappa shape index (κ3) is 3.37. The highest BCUT2D eigenvalue weighted by Crippen LogP contribution is 2.22. The Morgan fingerprint density at radius 3 is 2.38 bits per heavy atom. The number of benzene rings is 1. The van der Waals surface area contributed by atoms with Gasteiger partial charge in [0.05, 0.1) is 6.42 Å². The second-order valence-electron chi connectivity index (χ2n) is 5.42. The van der Waals surface area contributed by atoms with Gasteiger partial charge in [-0.1, -0.05) is 45.0 Å². The molecule has 0 N–H and O–H groups in total. The van der Waals surface area contributed by atoms with Crippen LogP contribution in [-0.2, 0) is 16.6 Å². The summed E-state index contributed by atoms with van der Waals surface area (Å²) in [6.45, 7) is 6.54. The van der Waals surface area contributed by atoms with Crippen LogP contribution < -0.4 is 0 Å². The fourth-order valence-electron chi connectivity index (χ4n) is 1.48. The van der Waals surface area contributed by atoms with Gasteiger partial charge in [0.2, 0.25) is 5.91 Å². The molecule has 0 fully saturated rings.